The fourth-order valence-corrected chi connectivity index (χ4v) is 4.47. The molecule has 0 saturated heterocycles. The Kier molecular flexibility index (Phi) is 5.36. The van der Waals surface area contributed by atoms with Crippen molar-refractivity contribution in [3.05, 3.63) is 94.2 Å². The van der Waals surface area contributed by atoms with E-state index in [4.69, 9.17) is 21.0 Å². The van der Waals surface area contributed by atoms with Gasteiger partial charge < -0.3 is 4.42 Å². The standard InChI is InChI=1S/C24H19ClN4O2S/c1-3-12-32-24-27-23(30)21-16-6-4-5-7-18(16)26-22(29(21)28-24)20-11-10-19(31-20)17-13-15(25)9-8-14(17)2/h3-11,13,22H,1,12H2,2H3,(H,27,28,30). The Balaban J connectivity index is 1.63. The molecule has 2 aliphatic rings. The Labute approximate surface area is 194 Å². The quantitative estimate of drug-likeness (QED) is 0.595. The number of hydrogen-bond donors (Lipinski definition) is 1. The van der Waals surface area contributed by atoms with Crippen LogP contribution in [0.4, 0.5) is 0 Å². The number of para-hydroxylation sites is 1. The number of amidine groups is 1. The second kappa shape index (κ2) is 8.33. The van der Waals surface area contributed by atoms with Gasteiger partial charge >= 0.3 is 0 Å². The summed E-state index contributed by atoms with van der Waals surface area (Å²) < 4.78 is 6.23. The van der Waals surface area contributed by atoms with Crippen LogP contribution in [0.15, 0.2) is 81.8 Å². The van der Waals surface area contributed by atoms with Gasteiger partial charge in [0.15, 0.2) is 10.9 Å². The number of rotatable bonds is 4. The minimum absolute atomic E-state index is 0.226. The van der Waals surface area contributed by atoms with Gasteiger partial charge in [0.05, 0.1) is 5.36 Å². The zero-order valence-electron chi connectivity index (χ0n) is 17.2. The molecule has 1 atom stereocenters. The molecule has 1 unspecified atom stereocenters. The minimum atomic E-state index is -0.612. The van der Waals surface area contributed by atoms with Crippen molar-refractivity contribution in [1.82, 2.24) is 10.3 Å². The first kappa shape index (κ1) is 20.6. The Hall–Kier alpha value is -3.29. The van der Waals surface area contributed by atoms with E-state index in [2.05, 4.69) is 17.0 Å². The maximum atomic E-state index is 13.1. The van der Waals surface area contributed by atoms with Crippen molar-refractivity contribution in [2.45, 2.75) is 13.1 Å². The van der Waals surface area contributed by atoms with Crippen LogP contribution in [0.2, 0.25) is 5.02 Å². The van der Waals surface area contributed by atoms with Gasteiger partial charge in [-0.1, -0.05) is 53.7 Å². The zero-order valence-corrected chi connectivity index (χ0v) is 18.8. The topological polar surface area (TPSA) is 70.2 Å². The molecule has 3 heterocycles. The molecule has 0 radical (unpaired) electrons. The first-order valence-electron chi connectivity index (χ1n) is 10.0. The summed E-state index contributed by atoms with van der Waals surface area (Å²) in [5.74, 6) is 1.66. The summed E-state index contributed by atoms with van der Waals surface area (Å²) in [4.78, 5) is 17.9. The van der Waals surface area contributed by atoms with Gasteiger partial charge in [0, 0.05) is 21.6 Å². The van der Waals surface area contributed by atoms with Gasteiger partial charge in [-0.15, -0.1) is 11.7 Å². The zero-order chi connectivity index (χ0) is 22.2. The number of nitrogens with one attached hydrogen (secondary N) is 1. The van der Waals surface area contributed by atoms with E-state index in [1.54, 1.807) is 11.1 Å². The van der Waals surface area contributed by atoms with E-state index < -0.39 is 6.17 Å². The van der Waals surface area contributed by atoms with Crippen LogP contribution in [0.1, 0.15) is 17.5 Å². The average molecular weight is 463 g/mol. The predicted octanol–water partition coefficient (Wildman–Crippen LogP) is 3.97. The first-order chi connectivity index (χ1) is 15.5. The molecule has 5 rings (SSSR count). The molecule has 160 valence electrons. The van der Waals surface area contributed by atoms with E-state index in [0.29, 0.717) is 38.5 Å². The fourth-order valence-electron chi connectivity index (χ4n) is 3.71. The highest BCUT2D eigenvalue weighted by Gasteiger charge is 2.35. The van der Waals surface area contributed by atoms with Gasteiger partial charge in [-0.3, -0.25) is 10.1 Å². The number of benzene rings is 2. The monoisotopic (exact) mass is 462 g/mol. The average Bonchev–Trinajstić information content (AvgIpc) is 3.28. The summed E-state index contributed by atoms with van der Waals surface area (Å²) in [5, 5.41) is 11.8. The number of carbonyl (C=O) groups is 1. The van der Waals surface area contributed by atoms with E-state index in [0.717, 1.165) is 16.3 Å². The Morgan fingerprint density at radius 3 is 2.94 bits per heavy atom. The molecule has 3 aromatic rings. The fraction of sp³-hybridized carbons (Fsp3) is 0.125. The van der Waals surface area contributed by atoms with Crippen LogP contribution in [0.25, 0.3) is 17.0 Å². The number of fused-ring (bicyclic) bond motifs is 2. The number of amides is 1. The largest absolute Gasteiger partial charge is 0.457 e. The van der Waals surface area contributed by atoms with Crippen molar-refractivity contribution in [1.29, 1.82) is 0 Å². The van der Waals surface area contributed by atoms with E-state index >= 15 is 0 Å². The Morgan fingerprint density at radius 1 is 1.25 bits per heavy atom. The van der Waals surface area contributed by atoms with Crippen LogP contribution < -0.4 is 15.9 Å². The summed E-state index contributed by atoms with van der Waals surface area (Å²) in [6.45, 7) is 5.74. The molecule has 0 saturated carbocycles. The van der Waals surface area contributed by atoms with Crippen molar-refractivity contribution >= 4 is 40.1 Å². The van der Waals surface area contributed by atoms with Gasteiger partial charge in [0.25, 0.3) is 5.91 Å². The molecule has 2 aliphatic heterocycles. The predicted molar refractivity (Wildman–Crippen MR) is 127 cm³/mol. The van der Waals surface area contributed by atoms with Crippen molar-refractivity contribution in [2.24, 2.45) is 10.1 Å². The summed E-state index contributed by atoms with van der Waals surface area (Å²) in [6, 6.07) is 17.0. The number of carbonyl (C=O) groups excluding carboxylic acids is 1. The number of aryl methyl sites for hydroxylation is 1. The lowest BCUT2D eigenvalue weighted by Gasteiger charge is -2.32. The molecule has 6 nitrogen and oxygen atoms in total. The van der Waals surface area contributed by atoms with Crippen molar-refractivity contribution < 1.29 is 9.21 Å². The second-order valence-corrected chi connectivity index (χ2v) is 8.78. The number of hydrazone groups is 1. The van der Waals surface area contributed by atoms with Crippen LogP contribution in [-0.2, 0) is 4.79 Å². The lowest BCUT2D eigenvalue weighted by molar-refractivity contribution is -0.116. The van der Waals surface area contributed by atoms with Crippen LogP contribution in [0, 0.1) is 6.92 Å². The number of hydrogen-bond acceptors (Lipinski definition) is 6. The number of halogens is 1. The van der Waals surface area contributed by atoms with E-state index in [9.17, 15) is 4.79 Å². The molecule has 8 heteroatoms. The van der Waals surface area contributed by atoms with E-state index in [1.807, 2.05) is 61.5 Å². The highest BCUT2D eigenvalue weighted by molar-refractivity contribution is 8.14. The van der Waals surface area contributed by atoms with Crippen LogP contribution >= 0.6 is 23.4 Å². The van der Waals surface area contributed by atoms with Crippen molar-refractivity contribution in [3.8, 4) is 11.3 Å². The van der Waals surface area contributed by atoms with Crippen LogP contribution in [0.5, 0.6) is 0 Å². The Morgan fingerprint density at radius 2 is 2.09 bits per heavy atom. The molecule has 1 aromatic heterocycles. The number of nitrogens with zero attached hydrogens (tertiary/aromatic N) is 3. The van der Waals surface area contributed by atoms with Gasteiger partial charge in [0.2, 0.25) is 6.17 Å². The summed E-state index contributed by atoms with van der Waals surface area (Å²) >= 11 is 7.60. The van der Waals surface area contributed by atoms with Crippen molar-refractivity contribution in [2.75, 3.05) is 5.75 Å². The molecule has 32 heavy (non-hydrogen) atoms. The lowest BCUT2D eigenvalue weighted by Crippen LogP contribution is -2.50. The highest BCUT2D eigenvalue weighted by Crippen LogP contribution is 2.35. The lowest BCUT2D eigenvalue weighted by atomic mass is 10.1. The molecule has 0 bridgehead atoms. The first-order valence-corrected chi connectivity index (χ1v) is 11.4. The normalized spacial score (nSPS) is 17.1. The maximum Gasteiger partial charge on any atom is 0.276 e. The summed E-state index contributed by atoms with van der Waals surface area (Å²) in [7, 11) is 0. The smallest absolute Gasteiger partial charge is 0.276 e. The van der Waals surface area contributed by atoms with Gasteiger partial charge in [-0.05, 0) is 42.8 Å². The van der Waals surface area contributed by atoms with E-state index in [-0.39, 0.29) is 5.91 Å². The third kappa shape index (κ3) is 3.63. The van der Waals surface area contributed by atoms with Crippen molar-refractivity contribution in [3.63, 3.8) is 0 Å². The summed E-state index contributed by atoms with van der Waals surface area (Å²) in [5.41, 5.74) is 2.40. The Bertz CT molecular complexity index is 1390. The molecular weight excluding hydrogens is 444 g/mol. The van der Waals surface area contributed by atoms with Crippen LogP contribution in [-0.4, -0.2) is 21.8 Å². The molecule has 0 aliphatic carbocycles. The third-order valence-electron chi connectivity index (χ3n) is 5.20. The second-order valence-electron chi connectivity index (χ2n) is 7.33. The molecule has 0 fully saturated rings. The summed E-state index contributed by atoms with van der Waals surface area (Å²) in [6.07, 6.45) is 1.15. The minimum Gasteiger partial charge on any atom is -0.457 e. The SMILES string of the molecule is C=CCSC1=NN2C(=c3ccccc3=NC2c2ccc(-c3cc(Cl)ccc3C)o2)C(=O)N1. The number of thioether (sulfide) groups is 1. The highest BCUT2D eigenvalue weighted by atomic mass is 35.5. The van der Waals surface area contributed by atoms with Gasteiger partial charge in [-0.25, -0.2) is 10.0 Å². The van der Waals surface area contributed by atoms with E-state index in [1.165, 1.54) is 11.8 Å². The third-order valence-corrected chi connectivity index (χ3v) is 6.29. The molecule has 1 N–H and O–H groups in total. The number of furan rings is 1. The molecule has 1 amide bonds. The molecular formula is C24H19ClN4O2S. The molecule has 2 aromatic carbocycles. The maximum absolute atomic E-state index is 13.1. The molecule has 0 spiro atoms. The van der Waals surface area contributed by atoms with Gasteiger partial charge in [-0.2, -0.15) is 0 Å². The van der Waals surface area contributed by atoms with Crippen LogP contribution in [0.3, 0.4) is 0 Å². The van der Waals surface area contributed by atoms with Gasteiger partial charge in [0.1, 0.15) is 11.5 Å².